The van der Waals surface area contributed by atoms with Gasteiger partial charge < -0.3 is 10.4 Å². The van der Waals surface area contributed by atoms with Gasteiger partial charge in [0.25, 0.3) is 5.91 Å². The Balaban J connectivity index is 1.58. The number of phenolic OH excluding ortho intramolecular Hbond substituents is 1. The molecule has 4 nitrogen and oxygen atoms in total. The van der Waals surface area contributed by atoms with Gasteiger partial charge in [0.05, 0.1) is 10.7 Å². The van der Waals surface area contributed by atoms with E-state index in [1.165, 1.54) is 16.9 Å². The van der Waals surface area contributed by atoms with Gasteiger partial charge >= 0.3 is 0 Å². The highest BCUT2D eigenvalue weighted by atomic mass is 32.1. The minimum Gasteiger partial charge on any atom is -0.508 e. The van der Waals surface area contributed by atoms with Crippen LogP contribution in [0.4, 0.5) is 0 Å². The van der Waals surface area contributed by atoms with Crippen LogP contribution in [0.25, 0.3) is 0 Å². The third kappa shape index (κ3) is 4.67. The lowest BCUT2D eigenvalue weighted by atomic mass is 10.1. The van der Waals surface area contributed by atoms with Gasteiger partial charge in [-0.15, -0.1) is 11.3 Å². The summed E-state index contributed by atoms with van der Waals surface area (Å²) >= 11 is 1.45. The Labute approximate surface area is 151 Å². The summed E-state index contributed by atoms with van der Waals surface area (Å²) in [6.45, 7) is 2.39. The molecular weight excluding hydrogens is 332 g/mol. The average molecular weight is 352 g/mol. The lowest BCUT2D eigenvalue weighted by Crippen LogP contribution is -2.25. The number of aromatic hydroxyl groups is 1. The number of carbonyl (C=O) groups is 1. The topological polar surface area (TPSA) is 62.2 Å². The summed E-state index contributed by atoms with van der Waals surface area (Å²) in [6, 6.07) is 17.2. The van der Waals surface area contributed by atoms with Gasteiger partial charge in [0.15, 0.2) is 0 Å². The highest BCUT2D eigenvalue weighted by Gasteiger charge is 2.15. The van der Waals surface area contributed by atoms with Crippen LogP contribution in [-0.2, 0) is 12.8 Å². The fraction of sp³-hybridized carbons (Fsp3) is 0.200. The number of phenols is 1. The molecule has 5 heteroatoms. The molecule has 0 unspecified atom stereocenters. The molecule has 128 valence electrons. The lowest BCUT2D eigenvalue weighted by molar-refractivity contribution is 0.0957. The minimum absolute atomic E-state index is 0.0885. The second-order valence-electron chi connectivity index (χ2n) is 5.86. The summed E-state index contributed by atoms with van der Waals surface area (Å²) < 4.78 is 0. The van der Waals surface area contributed by atoms with E-state index in [1.807, 2.05) is 31.2 Å². The largest absolute Gasteiger partial charge is 0.508 e. The number of nitrogens with one attached hydrogen (secondary N) is 1. The summed E-state index contributed by atoms with van der Waals surface area (Å²) in [7, 11) is 0. The Hall–Kier alpha value is -2.66. The molecule has 25 heavy (non-hydrogen) atoms. The molecule has 1 aromatic heterocycles. The van der Waals surface area contributed by atoms with Gasteiger partial charge in [-0.3, -0.25) is 4.79 Å². The van der Waals surface area contributed by atoms with Crippen molar-refractivity contribution in [2.75, 3.05) is 6.54 Å². The number of rotatable bonds is 6. The third-order valence-electron chi connectivity index (χ3n) is 3.86. The fourth-order valence-electron chi connectivity index (χ4n) is 2.62. The first-order valence-electron chi connectivity index (χ1n) is 8.18. The maximum Gasteiger partial charge on any atom is 0.263 e. The van der Waals surface area contributed by atoms with Crippen LogP contribution in [0.2, 0.25) is 0 Å². The van der Waals surface area contributed by atoms with E-state index in [1.54, 1.807) is 18.2 Å². The summed E-state index contributed by atoms with van der Waals surface area (Å²) in [5, 5.41) is 13.3. The SMILES string of the molecule is Cc1nc(Cc2ccccc2)sc1C(=O)NCCc1cccc(O)c1. The van der Waals surface area contributed by atoms with E-state index in [9.17, 15) is 9.90 Å². The Kier molecular flexibility index (Phi) is 5.46. The standard InChI is InChI=1S/C20H20N2O2S/c1-14-19(25-18(22-14)13-15-6-3-2-4-7-15)20(24)21-11-10-16-8-5-9-17(23)12-16/h2-9,12,23H,10-11,13H2,1H3,(H,21,24). The van der Waals surface area contributed by atoms with Gasteiger partial charge in [-0.1, -0.05) is 42.5 Å². The maximum atomic E-state index is 12.4. The maximum absolute atomic E-state index is 12.4. The van der Waals surface area contributed by atoms with E-state index in [0.29, 0.717) is 17.8 Å². The molecule has 0 spiro atoms. The smallest absolute Gasteiger partial charge is 0.263 e. The quantitative estimate of drug-likeness (QED) is 0.711. The van der Waals surface area contributed by atoms with Crippen molar-refractivity contribution in [2.45, 2.75) is 19.8 Å². The number of nitrogens with zero attached hydrogens (tertiary/aromatic N) is 1. The molecule has 1 heterocycles. The summed E-state index contributed by atoms with van der Waals surface area (Å²) in [4.78, 5) is 17.6. The van der Waals surface area contributed by atoms with Crippen LogP contribution in [0.15, 0.2) is 54.6 Å². The molecular formula is C20H20N2O2S. The molecule has 0 radical (unpaired) electrons. The molecule has 0 aliphatic carbocycles. The van der Waals surface area contributed by atoms with Crippen LogP contribution < -0.4 is 5.32 Å². The number of aromatic nitrogens is 1. The van der Waals surface area contributed by atoms with Crippen LogP contribution in [-0.4, -0.2) is 22.5 Å². The van der Waals surface area contributed by atoms with Crippen LogP contribution in [0, 0.1) is 6.92 Å². The van der Waals surface area contributed by atoms with E-state index < -0.39 is 0 Å². The molecule has 2 aromatic carbocycles. The molecule has 1 amide bonds. The van der Waals surface area contributed by atoms with Crippen molar-refractivity contribution in [1.82, 2.24) is 10.3 Å². The molecule has 0 saturated carbocycles. The first-order valence-corrected chi connectivity index (χ1v) is 9.00. The first kappa shape index (κ1) is 17.2. The Bertz CT molecular complexity index is 859. The van der Waals surface area contributed by atoms with Gasteiger partial charge in [0, 0.05) is 13.0 Å². The van der Waals surface area contributed by atoms with E-state index in [-0.39, 0.29) is 11.7 Å². The van der Waals surface area contributed by atoms with Crippen molar-refractivity contribution in [3.8, 4) is 5.75 Å². The minimum atomic E-state index is -0.0885. The molecule has 2 N–H and O–H groups in total. The number of carbonyl (C=O) groups excluding carboxylic acids is 1. The van der Waals surface area contributed by atoms with Crippen molar-refractivity contribution in [3.05, 3.63) is 81.3 Å². The predicted molar refractivity (Wildman–Crippen MR) is 100 cm³/mol. The number of thiazole rings is 1. The number of aryl methyl sites for hydroxylation is 1. The predicted octanol–water partition coefficient (Wildman–Crippen LogP) is 3.72. The van der Waals surface area contributed by atoms with Gasteiger partial charge in [-0.05, 0) is 36.6 Å². The Morgan fingerprint density at radius 1 is 1.12 bits per heavy atom. The fourth-order valence-corrected chi connectivity index (χ4v) is 3.64. The van der Waals surface area contributed by atoms with E-state index in [4.69, 9.17) is 0 Å². The van der Waals surface area contributed by atoms with Gasteiger partial charge in [0.2, 0.25) is 0 Å². The van der Waals surface area contributed by atoms with Crippen molar-refractivity contribution >= 4 is 17.2 Å². The second-order valence-corrected chi connectivity index (χ2v) is 6.94. The van der Waals surface area contributed by atoms with E-state index in [0.717, 1.165) is 22.7 Å². The lowest BCUT2D eigenvalue weighted by Gasteiger charge is -2.04. The number of benzene rings is 2. The van der Waals surface area contributed by atoms with Crippen molar-refractivity contribution in [2.24, 2.45) is 0 Å². The second kappa shape index (κ2) is 7.94. The summed E-state index contributed by atoms with van der Waals surface area (Å²) in [5.74, 6) is 0.155. The zero-order chi connectivity index (χ0) is 17.6. The van der Waals surface area contributed by atoms with Crippen molar-refractivity contribution in [3.63, 3.8) is 0 Å². The van der Waals surface area contributed by atoms with Crippen molar-refractivity contribution in [1.29, 1.82) is 0 Å². The first-order chi connectivity index (χ1) is 12.1. The molecule has 3 rings (SSSR count). The van der Waals surface area contributed by atoms with Gasteiger partial charge in [-0.2, -0.15) is 0 Å². The van der Waals surface area contributed by atoms with Crippen LogP contribution in [0.5, 0.6) is 5.75 Å². The molecule has 0 aliphatic rings. The molecule has 0 saturated heterocycles. The third-order valence-corrected chi connectivity index (χ3v) is 5.01. The number of hydrogen-bond acceptors (Lipinski definition) is 4. The van der Waals surface area contributed by atoms with Crippen LogP contribution >= 0.6 is 11.3 Å². The monoisotopic (exact) mass is 352 g/mol. The molecule has 0 bridgehead atoms. The van der Waals surface area contributed by atoms with Crippen LogP contribution in [0.1, 0.15) is 31.5 Å². The molecule has 0 atom stereocenters. The van der Waals surface area contributed by atoms with Crippen LogP contribution in [0.3, 0.4) is 0 Å². The Morgan fingerprint density at radius 2 is 1.88 bits per heavy atom. The number of amides is 1. The molecule has 3 aromatic rings. The van der Waals surface area contributed by atoms with Crippen molar-refractivity contribution < 1.29 is 9.90 Å². The summed E-state index contributed by atoms with van der Waals surface area (Å²) in [5.41, 5.74) is 2.95. The molecule has 0 aliphatic heterocycles. The van der Waals surface area contributed by atoms with Gasteiger partial charge in [0.1, 0.15) is 10.6 Å². The van der Waals surface area contributed by atoms with Gasteiger partial charge in [-0.25, -0.2) is 4.98 Å². The highest BCUT2D eigenvalue weighted by Crippen LogP contribution is 2.21. The zero-order valence-electron chi connectivity index (χ0n) is 14.0. The normalized spacial score (nSPS) is 10.6. The highest BCUT2D eigenvalue weighted by molar-refractivity contribution is 7.13. The Morgan fingerprint density at radius 3 is 2.64 bits per heavy atom. The molecule has 0 fully saturated rings. The zero-order valence-corrected chi connectivity index (χ0v) is 14.8. The van der Waals surface area contributed by atoms with E-state index in [2.05, 4.69) is 22.4 Å². The summed E-state index contributed by atoms with van der Waals surface area (Å²) in [6.07, 6.45) is 1.41. The van der Waals surface area contributed by atoms with E-state index >= 15 is 0 Å². The number of hydrogen-bond donors (Lipinski definition) is 2. The average Bonchev–Trinajstić information content (AvgIpc) is 2.96.